The largest absolute Gasteiger partial charge is 0.872 e. The van der Waals surface area contributed by atoms with Crippen molar-refractivity contribution in [2.45, 2.75) is 6.92 Å². The Balaban J connectivity index is 1.93. The highest BCUT2D eigenvalue weighted by molar-refractivity contribution is 6.41. The second kappa shape index (κ2) is 7.00. The van der Waals surface area contributed by atoms with Crippen molar-refractivity contribution in [2.75, 3.05) is 10.6 Å². The second-order valence-corrected chi connectivity index (χ2v) is 6.69. The van der Waals surface area contributed by atoms with Crippen molar-refractivity contribution in [1.29, 1.82) is 0 Å². The summed E-state index contributed by atoms with van der Waals surface area (Å²) in [6.07, 6.45) is 0. The van der Waals surface area contributed by atoms with Crippen LogP contribution >= 0.6 is 34.8 Å². The van der Waals surface area contributed by atoms with Crippen LogP contribution in [-0.2, 0) is 0 Å². The fourth-order valence-corrected chi connectivity index (χ4v) is 3.16. The minimum Gasteiger partial charge on any atom is -0.872 e. The molecule has 0 spiro atoms. The maximum atomic E-state index is 12.3. The zero-order valence-corrected chi connectivity index (χ0v) is 15.3. The number of rotatable bonds is 2. The van der Waals surface area contributed by atoms with Gasteiger partial charge < -0.3 is 15.7 Å². The number of carbonyl (C=O) groups is 1. The Morgan fingerprint density at radius 3 is 2.36 bits per heavy atom. The van der Waals surface area contributed by atoms with Gasteiger partial charge in [0.1, 0.15) is 0 Å². The van der Waals surface area contributed by atoms with Crippen LogP contribution in [0.3, 0.4) is 0 Å². The molecule has 0 radical (unpaired) electrons. The third-order valence-electron chi connectivity index (χ3n) is 3.66. The molecule has 0 unspecified atom stereocenters. The van der Waals surface area contributed by atoms with Gasteiger partial charge in [0, 0.05) is 21.5 Å². The van der Waals surface area contributed by atoms with Gasteiger partial charge in [0.15, 0.2) is 0 Å². The molecule has 0 atom stereocenters. The number of fused-ring (bicyclic) bond motifs is 1. The van der Waals surface area contributed by atoms with Crippen LogP contribution < -0.4 is 15.7 Å². The first-order chi connectivity index (χ1) is 11.8. The van der Waals surface area contributed by atoms with Gasteiger partial charge in [-0.15, -0.1) is 5.75 Å². The van der Waals surface area contributed by atoms with Crippen molar-refractivity contribution in [3.05, 3.63) is 63.1 Å². The molecule has 7 heteroatoms. The number of amides is 2. The highest BCUT2D eigenvalue weighted by atomic mass is 35.5. The Kier molecular flexibility index (Phi) is 4.95. The van der Waals surface area contributed by atoms with E-state index in [-0.39, 0.29) is 10.8 Å². The number of hydrogen-bond acceptors (Lipinski definition) is 2. The molecular formula is C18H12Cl3N2O2-. The molecular weight excluding hydrogens is 383 g/mol. The summed E-state index contributed by atoms with van der Waals surface area (Å²) in [7, 11) is 0. The van der Waals surface area contributed by atoms with E-state index >= 15 is 0 Å². The Bertz CT molecular complexity index is 990. The van der Waals surface area contributed by atoms with Gasteiger partial charge in [-0.2, -0.15) is 0 Å². The highest BCUT2D eigenvalue weighted by Gasteiger charge is 2.13. The quantitative estimate of drug-likeness (QED) is 0.574. The number of benzene rings is 3. The van der Waals surface area contributed by atoms with Crippen molar-refractivity contribution in [1.82, 2.24) is 0 Å². The summed E-state index contributed by atoms with van der Waals surface area (Å²) in [5, 5.41) is 19.4. The molecule has 3 aromatic rings. The minimum absolute atomic E-state index is 0.206. The van der Waals surface area contributed by atoms with Crippen LogP contribution in [0.25, 0.3) is 10.8 Å². The van der Waals surface area contributed by atoms with Gasteiger partial charge in [0.2, 0.25) is 0 Å². The van der Waals surface area contributed by atoms with Crippen molar-refractivity contribution < 1.29 is 9.90 Å². The average Bonchev–Trinajstić information content (AvgIpc) is 2.54. The molecule has 0 fully saturated rings. The van der Waals surface area contributed by atoms with E-state index in [0.717, 1.165) is 5.56 Å². The van der Waals surface area contributed by atoms with E-state index in [1.54, 1.807) is 24.3 Å². The van der Waals surface area contributed by atoms with E-state index in [2.05, 4.69) is 10.6 Å². The van der Waals surface area contributed by atoms with E-state index in [1.165, 1.54) is 18.2 Å². The molecule has 0 aliphatic rings. The lowest BCUT2D eigenvalue weighted by molar-refractivity contribution is -0.268. The molecule has 128 valence electrons. The van der Waals surface area contributed by atoms with Gasteiger partial charge >= 0.3 is 6.03 Å². The average molecular weight is 395 g/mol. The predicted molar refractivity (Wildman–Crippen MR) is 102 cm³/mol. The van der Waals surface area contributed by atoms with Gasteiger partial charge in [-0.25, -0.2) is 4.79 Å². The van der Waals surface area contributed by atoms with E-state index in [1.807, 2.05) is 6.92 Å². The number of nitrogens with one attached hydrogen (secondary N) is 2. The SMILES string of the molecule is Cc1cc(NC(=O)Nc2c(Cl)cc(Cl)c3ccc([O-])cc23)ccc1Cl. The fourth-order valence-electron chi connectivity index (χ4n) is 2.45. The van der Waals surface area contributed by atoms with E-state index < -0.39 is 6.03 Å². The van der Waals surface area contributed by atoms with Crippen molar-refractivity contribution in [3.8, 4) is 5.75 Å². The van der Waals surface area contributed by atoms with E-state index in [4.69, 9.17) is 34.8 Å². The van der Waals surface area contributed by atoms with Crippen LogP contribution in [0, 0.1) is 6.92 Å². The highest BCUT2D eigenvalue weighted by Crippen LogP contribution is 2.37. The Morgan fingerprint density at radius 2 is 1.64 bits per heavy atom. The summed E-state index contributed by atoms with van der Waals surface area (Å²) in [4.78, 5) is 12.3. The van der Waals surface area contributed by atoms with Crippen LogP contribution in [0.4, 0.5) is 16.2 Å². The number of urea groups is 1. The van der Waals surface area contributed by atoms with Crippen molar-refractivity contribution >= 4 is 63.0 Å². The Hall–Kier alpha value is -2.14. The molecule has 0 saturated carbocycles. The van der Waals surface area contributed by atoms with Gasteiger partial charge in [-0.05, 0) is 36.8 Å². The predicted octanol–water partition coefficient (Wildman–Crippen LogP) is 5.83. The van der Waals surface area contributed by atoms with Crippen LogP contribution in [0.15, 0.2) is 42.5 Å². The topological polar surface area (TPSA) is 64.2 Å². The molecule has 3 rings (SSSR count). The molecule has 2 N–H and O–H groups in total. The molecule has 2 amide bonds. The number of hydrogen-bond donors (Lipinski definition) is 2. The maximum Gasteiger partial charge on any atom is 0.323 e. The van der Waals surface area contributed by atoms with Crippen molar-refractivity contribution in [3.63, 3.8) is 0 Å². The van der Waals surface area contributed by atoms with Crippen molar-refractivity contribution in [2.24, 2.45) is 0 Å². The molecule has 0 aliphatic carbocycles. The molecule has 3 aromatic carbocycles. The van der Waals surface area contributed by atoms with Crippen LogP contribution in [0.1, 0.15) is 5.56 Å². The maximum absolute atomic E-state index is 12.3. The van der Waals surface area contributed by atoms with E-state index in [0.29, 0.717) is 32.2 Å². The summed E-state index contributed by atoms with van der Waals surface area (Å²) in [5.74, 6) is -0.206. The third kappa shape index (κ3) is 3.76. The molecule has 4 nitrogen and oxygen atoms in total. The summed E-state index contributed by atoms with van der Waals surface area (Å²) >= 11 is 18.3. The van der Waals surface area contributed by atoms with Gasteiger partial charge in [0.25, 0.3) is 0 Å². The zero-order chi connectivity index (χ0) is 18.1. The number of carbonyl (C=O) groups excluding carboxylic acids is 1. The molecule has 0 heterocycles. The number of aryl methyl sites for hydroxylation is 1. The summed E-state index contributed by atoms with van der Waals surface area (Å²) in [6.45, 7) is 1.84. The van der Waals surface area contributed by atoms with Crippen LogP contribution in [0.2, 0.25) is 15.1 Å². The Labute approximate surface area is 159 Å². The molecule has 0 aliphatic heterocycles. The third-order valence-corrected chi connectivity index (χ3v) is 4.70. The van der Waals surface area contributed by atoms with Gasteiger partial charge in [-0.1, -0.05) is 53.0 Å². The normalized spacial score (nSPS) is 10.7. The first kappa shape index (κ1) is 17.7. The minimum atomic E-state index is -0.497. The first-order valence-corrected chi connectivity index (χ1v) is 8.41. The first-order valence-electron chi connectivity index (χ1n) is 7.28. The zero-order valence-electron chi connectivity index (χ0n) is 13.0. The smallest absolute Gasteiger partial charge is 0.323 e. The number of anilines is 2. The van der Waals surface area contributed by atoms with Crippen LogP contribution in [0.5, 0.6) is 5.75 Å². The molecule has 0 aromatic heterocycles. The van der Waals surface area contributed by atoms with Crippen LogP contribution in [-0.4, -0.2) is 6.03 Å². The molecule has 25 heavy (non-hydrogen) atoms. The lowest BCUT2D eigenvalue weighted by atomic mass is 10.1. The molecule has 0 saturated heterocycles. The molecule has 0 bridgehead atoms. The van der Waals surface area contributed by atoms with Gasteiger partial charge in [-0.3, -0.25) is 0 Å². The standard InChI is InChI=1S/C18H13Cl3N2O2/c1-9-6-10(2-5-14(9)19)22-18(25)23-17-13-7-11(24)3-4-12(13)15(20)8-16(17)21/h2-8,24H,1H3,(H2,22,23,25)/p-1. The fraction of sp³-hybridized carbons (Fsp3) is 0.0556. The lowest BCUT2D eigenvalue weighted by Gasteiger charge is -2.15. The monoisotopic (exact) mass is 393 g/mol. The van der Waals surface area contributed by atoms with Gasteiger partial charge in [0.05, 0.1) is 15.7 Å². The van der Waals surface area contributed by atoms with E-state index in [9.17, 15) is 9.90 Å². The summed E-state index contributed by atoms with van der Waals surface area (Å²) in [5.41, 5.74) is 1.74. The summed E-state index contributed by atoms with van der Waals surface area (Å²) in [6, 6.07) is 10.5. The second-order valence-electron chi connectivity index (χ2n) is 5.47. The number of halogens is 3. The lowest BCUT2D eigenvalue weighted by Crippen LogP contribution is -2.20. The summed E-state index contributed by atoms with van der Waals surface area (Å²) < 4.78 is 0. The Morgan fingerprint density at radius 1 is 0.880 bits per heavy atom.